The van der Waals surface area contributed by atoms with Gasteiger partial charge in [0.15, 0.2) is 33.7 Å². The number of hydrogen-bond donors (Lipinski definition) is 3. The summed E-state index contributed by atoms with van der Waals surface area (Å²) in [7, 11) is 0. The molecule has 0 aliphatic carbocycles. The van der Waals surface area contributed by atoms with Crippen LogP contribution in [0.4, 0.5) is 5.82 Å². The van der Waals surface area contributed by atoms with Crippen molar-refractivity contribution in [2.45, 2.75) is 12.6 Å². The van der Waals surface area contributed by atoms with Crippen molar-refractivity contribution in [2.75, 3.05) is 12.3 Å². The van der Waals surface area contributed by atoms with Gasteiger partial charge >= 0.3 is 0 Å². The van der Waals surface area contributed by atoms with Crippen molar-refractivity contribution in [3.05, 3.63) is 22.6 Å². The van der Waals surface area contributed by atoms with Crippen molar-refractivity contribution >= 4 is 32.9 Å². The number of nitrogens with two attached hydrogens (primary N) is 1. The maximum Gasteiger partial charge on any atom is 0.186 e. The van der Waals surface area contributed by atoms with E-state index in [4.69, 9.17) is 15.6 Å². The highest BCUT2D eigenvalue weighted by Crippen LogP contribution is 2.35. The van der Waals surface area contributed by atoms with E-state index in [2.05, 4.69) is 30.9 Å². The first kappa shape index (κ1) is 12.2. The molecule has 0 amide bonds. The molecule has 1 unspecified atom stereocenters. The molecular formula is C10H10BrN5O3. The Morgan fingerprint density at radius 3 is 3.00 bits per heavy atom. The molecule has 0 saturated heterocycles. The lowest BCUT2D eigenvalue weighted by atomic mass is 10.3. The van der Waals surface area contributed by atoms with Gasteiger partial charge in [-0.2, -0.15) is 0 Å². The number of halogens is 1. The number of aliphatic hydroxyl groups excluding tert-OH is 2. The number of aromatic nitrogens is 4. The van der Waals surface area contributed by atoms with Gasteiger partial charge in [0.1, 0.15) is 18.7 Å². The molecule has 100 valence electrons. The Bertz CT molecular complexity index is 683. The molecule has 4 N–H and O–H groups in total. The van der Waals surface area contributed by atoms with E-state index in [1.807, 2.05) is 0 Å². The van der Waals surface area contributed by atoms with Crippen LogP contribution in [0.5, 0.6) is 0 Å². The van der Waals surface area contributed by atoms with Gasteiger partial charge in [-0.25, -0.2) is 15.0 Å². The Balaban J connectivity index is 2.08. The van der Waals surface area contributed by atoms with E-state index in [9.17, 15) is 5.11 Å². The SMILES string of the molecule is Nc1ncnc2c1nc(Br)n2C1CC(O)=C(CO)O1. The van der Waals surface area contributed by atoms with Gasteiger partial charge < -0.3 is 20.7 Å². The first-order valence-electron chi connectivity index (χ1n) is 5.44. The molecule has 8 nitrogen and oxygen atoms in total. The molecule has 1 aliphatic rings. The Hall–Kier alpha value is -1.87. The zero-order chi connectivity index (χ0) is 13.6. The molecule has 1 atom stereocenters. The van der Waals surface area contributed by atoms with Gasteiger partial charge in [0.05, 0.1) is 6.42 Å². The lowest BCUT2D eigenvalue weighted by Crippen LogP contribution is -2.10. The first-order valence-corrected chi connectivity index (χ1v) is 6.23. The topological polar surface area (TPSA) is 119 Å². The molecule has 2 aromatic heterocycles. The van der Waals surface area contributed by atoms with Crippen molar-refractivity contribution in [2.24, 2.45) is 0 Å². The van der Waals surface area contributed by atoms with Crippen LogP contribution in [0.25, 0.3) is 11.2 Å². The summed E-state index contributed by atoms with van der Waals surface area (Å²) < 4.78 is 7.58. The minimum absolute atomic E-state index is 0.0169. The van der Waals surface area contributed by atoms with Gasteiger partial charge in [-0.15, -0.1) is 0 Å². The average Bonchev–Trinajstić information content (AvgIpc) is 2.90. The van der Waals surface area contributed by atoms with E-state index >= 15 is 0 Å². The zero-order valence-corrected chi connectivity index (χ0v) is 11.2. The molecule has 0 spiro atoms. The summed E-state index contributed by atoms with van der Waals surface area (Å²) in [6.45, 7) is -0.357. The zero-order valence-electron chi connectivity index (χ0n) is 9.62. The number of ether oxygens (including phenoxy) is 1. The maximum atomic E-state index is 9.66. The standard InChI is InChI=1S/C10H10BrN5O3/c11-10-15-7-8(12)13-3-14-9(7)16(10)6-1-4(18)5(2-17)19-6/h3,6,17-18H,1-2H2,(H2,12,13,14). The minimum atomic E-state index is -0.532. The van der Waals surface area contributed by atoms with Crippen LogP contribution in [0.3, 0.4) is 0 Å². The van der Waals surface area contributed by atoms with Crippen molar-refractivity contribution in [3.63, 3.8) is 0 Å². The number of anilines is 1. The fourth-order valence-corrected chi connectivity index (χ4v) is 2.55. The quantitative estimate of drug-likeness (QED) is 0.699. The van der Waals surface area contributed by atoms with Crippen LogP contribution >= 0.6 is 15.9 Å². The smallest absolute Gasteiger partial charge is 0.186 e. The van der Waals surface area contributed by atoms with Crippen molar-refractivity contribution in [1.29, 1.82) is 0 Å². The van der Waals surface area contributed by atoms with E-state index < -0.39 is 6.23 Å². The highest BCUT2D eigenvalue weighted by molar-refractivity contribution is 9.10. The van der Waals surface area contributed by atoms with Crippen LogP contribution in [-0.2, 0) is 4.74 Å². The maximum absolute atomic E-state index is 9.66. The highest BCUT2D eigenvalue weighted by Gasteiger charge is 2.30. The monoisotopic (exact) mass is 327 g/mol. The van der Waals surface area contributed by atoms with E-state index in [-0.39, 0.29) is 30.4 Å². The van der Waals surface area contributed by atoms with Crippen LogP contribution in [0.1, 0.15) is 12.6 Å². The van der Waals surface area contributed by atoms with E-state index in [1.54, 1.807) is 4.57 Å². The summed E-state index contributed by atoms with van der Waals surface area (Å²) in [4.78, 5) is 12.2. The molecule has 0 fully saturated rings. The summed E-state index contributed by atoms with van der Waals surface area (Å²) in [6, 6.07) is 0. The molecule has 9 heteroatoms. The van der Waals surface area contributed by atoms with Crippen LogP contribution < -0.4 is 5.73 Å². The second-order valence-corrected chi connectivity index (χ2v) is 4.70. The van der Waals surface area contributed by atoms with E-state index in [0.717, 1.165) is 0 Å². The Morgan fingerprint density at radius 2 is 2.32 bits per heavy atom. The molecular weight excluding hydrogens is 318 g/mol. The third-order valence-corrected chi connectivity index (χ3v) is 3.42. The van der Waals surface area contributed by atoms with Crippen LogP contribution in [-0.4, -0.2) is 36.3 Å². The third-order valence-electron chi connectivity index (χ3n) is 2.86. The van der Waals surface area contributed by atoms with Gasteiger partial charge in [0.25, 0.3) is 0 Å². The summed E-state index contributed by atoms with van der Waals surface area (Å²) in [6.07, 6.45) is 1.03. The summed E-state index contributed by atoms with van der Waals surface area (Å²) in [5, 5.41) is 18.7. The number of fused-ring (bicyclic) bond motifs is 1. The molecule has 0 radical (unpaired) electrons. The minimum Gasteiger partial charge on any atom is -0.508 e. The second-order valence-electron chi connectivity index (χ2n) is 3.99. The van der Waals surface area contributed by atoms with E-state index in [0.29, 0.717) is 15.9 Å². The predicted octanol–water partition coefficient (Wildman–Crippen LogP) is 0.852. The molecule has 19 heavy (non-hydrogen) atoms. The largest absolute Gasteiger partial charge is 0.508 e. The molecule has 2 aromatic rings. The lowest BCUT2D eigenvalue weighted by molar-refractivity contribution is 0.0639. The average molecular weight is 328 g/mol. The number of rotatable bonds is 2. The normalized spacial score (nSPS) is 19.2. The number of aliphatic hydroxyl groups is 2. The van der Waals surface area contributed by atoms with Crippen molar-refractivity contribution < 1.29 is 14.9 Å². The number of hydrogen-bond acceptors (Lipinski definition) is 7. The summed E-state index contributed by atoms with van der Waals surface area (Å²) in [5.74, 6) is 0.436. The van der Waals surface area contributed by atoms with Gasteiger partial charge in [-0.3, -0.25) is 4.57 Å². The van der Waals surface area contributed by atoms with Crippen molar-refractivity contribution in [3.8, 4) is 0 Å². The molecule has 3 heterocycles. The molecule has 1 aliphatic heterocycles. The molecule has 0 saturated carbocycles. The first-order chi connectivity index (χ1) is 9.11. The van der Waals surface area contributed by atoms with Gasteiger partial charge in [-0.05, 0) is 15.9 Å². The van der Waals surface area contributed by atoms with Crippen molar-refractivity contribution in [1.82, 2.24) is 19.5 Å². The molecule has 0 aromatic carbocycles. The van der Waals surface area contributed by atoms with Crippen LogP contribution in [0, 0.1) is 0 Å². The fourth-order valence-electron chi connectivity index (χ4n) is 1.98. The highest BCUT2D eigenvalue weighted by atomic mass is 79.9. The predicted molar refractivity (Wildman–Crippen MR) is 68.9 cm³/mol. The molecule has 3 rings (SSSR count). The second kappa shape index (κ2) is 4.35. The van der Waals surface area contributed by atoms with Crippen LogP contribution in [0.15, 0.2) is 22.6 Å². The number of imidazole rings is 1. The Kier molecular flexibility index (Phi) is 2.79. The fraction of sp³-hybridized carbons (Fsp3) is 0.300. The summed E-state index contributed by atoms with van der Waals surface area (Å²) >= 11 is 3.30. The third kappa shape index (κ3) is 1.81. The Labute approximate surface area is 115 Å². The number of nitrogens with zero attached hydrogens (tertiary/aromatic N) is 4. The Morgan fingerprint density at radius 1 is 1.53 bits per heavy atom. The van der Waals surface area contributed by atoms with Gasteiger partial charge in [0.2, 0.25) is 0 Å². The summed E-state index contributed by atoms with van der Waals surface area (Å²) in [5.41, 5.74) is 6.68. The van der Waals surface area contributed by atoms with E-state index in [1.165, 1.54) is 6.33 Å². The lowest BCUT2D eigenvalue weighted by Gasteiger charge is -2.14. The molecule has 0 bridgehead atoms. The van der Waals surface area contributed by atoms with Crippen LogP contribution in [0.2, 0.25) is 0 Å². The van der Waals surface area contributed by atoms with Gasteiger partial charge in [0, 0.05) is 0 Å². The number of nitrogen functional groups attached to an aromatic ring is 1. The van der Waals surface area contributed by atoms with Gasteiger partial charge in [-0.1, -0.05) is 0 Å².